The number of Topliss-reactive ketones (excluding diaryl/α,β-unsaturated/α-hetero) is 1. The summed E-state index contributed by atoms with van der Waals surface area (Å²) in [7, 11) is 3.05. The number of nitrogens with one attached hydrogen (secondary N) is 1. The van der Waals surface area contributed by atoms with Crippen LogP contribution < -0.4 is 0 Å². The predicted octanol–water partition coefficient (Wildman–Crippen LogP) is 3.01. The zero-order valence-corrected chi connectivity index (χ0v) is 16.2. The summed E-state index contributed by atoms with van der Waals surface area (Å²) < 4.78 is 0. The van der Waals surface area contributed by atoms with Crippen LogP contribution in [0.5, 0.6) is 0 Å². The molecule has 1 aromatic heterocycles. The third kappa shape index (κ3) is 4.28. The van der Waals surface area contributed by atoms with Crippen LogP contribution in [0.2, 0.25) is 0 Å². The molecular formula is C21H27N3O3. The summed E-state index contributed by atoms with van der Waals surface area (Å²) in [4.78, 5) is 34.3. The summed E-state index contributed by atoms with van der Waals surface area (Å²) in [6, 6.07) is 8.47. The average Bonchev–Trinajstić information content (AvgIpc) is 3.05. The largest absolute Gasteiger partial charge is 0.357 e. The Kier molecular flexibility index (Phi) is 6.08. The van der Waals surface area contributed by atoms with Crippen molar-refractivity contribution in [3.8, 4) is 0 Å². The number of nitrogens with zero attached hydrogens (tertiary/aromatic N) is 2. The molecule has 0 fully saturated rings. The number of H-pyrrole nitrogens is 1. The Morgan fingerprint density at radius 1 is 1.37 bits per heavy atom. The number of hydroxylamine groups is 2. The highest BCUT2D eigenvalue weighted by Gasteiger charge is 2.29. The van der Waals surface area contributed by atoms with E-state index in [1.807, 2.05) is 12.1 Å². The average molecular weight is 369 g/mol. The lowest BCUT2D eigenvalue weighted by atomic mass is 9.95. The maximum absolute atomic E-state index is 11.9. The lowest BCUT2D eigenvalue weighted by Gasteiger charge is -2.35. The van der Waals surface area contributed by atoms with Crippen molar-refractivity contribution in [3.05, 3.63) is 47.7 Å². The van der Waals surface area contributed by atoms with E-state index < -0.39 is 0 Å². The fraction of sp³-hybridized carbons (Fsp3) is 0.429. The Balaban J connectivity index is 1.86. The first-order chi connectivity index (χ1) is 13.0. The number of fused-ring (bicyclic) bond motifs is 3. The number of rotatable bonds is 7. The van der Waals surface area contributed by atoms with Crippen molar-refractivity contribution in [2.45, 2.75) is 32.2 Å². The van der Waals surface area contributed by atoms with Gasteiger partial charge in [0.1, 0.15) is 5.78 Å². The zero-order chi connectivity index (χ0) is 19.4. The minimum absolute atomic E-state index is 0.123. The fourth-order valence-corrected chi connectivity index (χ4v) is 3.70. The second-order valence-electron chi connectivity index (χ2n) is 6.97. The van der Waals surface area contributed by atoms with Crippen molar-refractivity contribution in [2.24, 2.45) is 0 Å². The summed E-state index contributed by atoms with van der Waals surface area (Å²) in [5, 5.41) is 2.46. The SMILES string of the molecule is CON(C)C(=O)/C=C/CC1c2[nH]c3ccccc3c2CCN1CCC(C)=O. The fourth-order valence-electron chi connectivity index (χ4n) is 3.70. The van der Waals surface area contributed by atoms with Gasteiger partial charge in [0.2, 0.25) is 0 Å². The van der Waals surface area contributed by atoms with Crippen molar-refractivity contribution >= 4 is 22.6 Å². The van der Waals surface area contributed by atoms with Gasteiger partial charge in [0.15, 0.2) is 0 Å². The first-order valence-electron chi connectivity index (χ1n) is 9.32. The molecule has 0 saturated heterocycles. The molecule has 1 aliphatic heterocycles. The molecule has 1 aliphatic rings. The minimum Gasteiger partial charge on any atom is -0.357 e. The quantitative estimate of drug-likeness (QED) is 0.602. The molecule has 1 atom stereocenters. The molecule has 2 aromatic rings. The van der Waals surface area contributed by atoms with Crippen LogP contribution in [-0.2, 0) is 20.8 Å². The van der Waals surface area contributed by atoms with E-state index >= 15 is 0 Å². The van der Waals surface area contributed by atoms with Crippen molar-refractivity contribution in [1.29, 1.82) is 0 Å². The number of carbonyl (C=O) groups is 2. The third-order valence-corrected chi connectivity index (χ3v) is 5.22. The number of aromatic amines is 1. The van der Waals surface area contributed by atoms with E-state index in [-0.39, 0.29) is 17.7 Å². The number of carbonyl (C=O) groups excluding carboxylic acids is 2. The van der Waals surface area contributed by atoms with Crippen LogP contribution in [0.15, 0.2) is 36.4 Å². The molecule has 0 saturated carbocycles. The van der Waals surface area contributed by atoms with E-state index in [0.717, 1.165) is 25.0 Å². The molecule has 0 aliphatic carbocycles. The standard InChI is InChI=1S/C21H27N3O3/c1-15(25)11-13-24-14-12-17-16-7-4-5-8-18(16)22-21(17)19(24)9-6-10-20(26)23(2)27-3/h4-8,10,19,22H,9,11-14H2,1-3H3/b10-6+. The Hall–Kier alpha value is -2.44. The maximum Gasteiger partial charge on any atom is 0.269 e. The van der Waals surface area contributed by atoms with Gasteiger partial charge in [0, 0.05) is 49.2 Å². The Bertz CT molecular complexity index is 855. The number of hydrogen-bond donors (Lipinski definition) is 1. The van der Waals surface area contributed by atoms with Gasteiger partial charge in [-0.25, -0.2) is 5.06 Å². The Labute approximate surface area is 159 Å². The van der Waals surface area contributed by atoms with Gasteiger partial charge in [0.25, 0.3) is 5.91 Å². The monoisotopic (exact) mass is 369 g/mol. The predicted molar refractivity (Wildman–Crippen MR) is 105 cm³/mol. The van der Waals surface area contributed by atoms with Crippen LogP contribution in [0.1, 0.15) is 37.1 Å². The lowest BCUT2D eigenvalue weighted by molar-refractivity contribution is -0.162. The third-order valence-electron chi connectivity index (χ3n) is 5.22. The molecule has 1 aromatic carbocycles. The molecule has 1 amide bonds. The summed E-state index contributed by atoms with van der Waals surface area (Å²) in [5.74, 6) is 0.00380. The topological polar surface area (TPSA) is 65.6 Å². The Morgan fingerprint density at radius 3 is 2.89 bits per heavy atom. The molecule has 1 N–H and O–H groups in total. The van der Waals surface area contributed by atoms with Crippen LogP contribution >= 0.6 is 0 Å². The van der Waals surface area contributed by atoms with Crippen molar-refractivity contribution in [3.63, 3.8) is 0 Å². The van der Waals surface area contributed by atoms with E-state index in [1.54, 1.807) is 20.0 Å². The number of para-hydroxylation sites is 1. The lowest BCUT2D eigenvalue weighted by Crippen LogP contribution is -2.36. The first-order valence-corrected chi connectivity index (χ1v) is 9.32. The molecule has 0 spiro atoms. The zero-order valence-electron chi connectivity index (χ0n) is 16.2. The van der Waals surface area contributed by atoms with Crippen molar-refractivity contribution in [2.75, 3.05) is 27.2 Å². The number of aromatic nitrogens is 1. The highest BCUT2D eigenvalue weighted by atomic mass is 16.7. The van der Waals surface area contributed by atoms with Crippen molar-refractivity contribution in [1.82, 2.24) is 14.9 Å². The molecule has 2 heterocycles. The van der Waals surface area contributed by atoms with Gasteiger partial charge in [-0.05, 0) is 31.4 Å². The highest BCUT2D eigenvalue weighted by Crippen LogP contribution is 2.36. The van der Waals surface area contributed by atoms with E-state index in [4.69, 9.17) is 4.84 Å². The molecule has 6 heteroatoms. The molecule has 0 bridgehead atoms. The normalized spacial score (nSPS) is 17.4. The maximum atomic E-state index is 11.9. The second-order valence-corrected chi connectivity index (χ2v) is 6.97. The molecule has 1 unspecified atom stereocenters. The molecule has 144 valence electrons. The number of likely N-dealkylation sites (N-methyl/N-ethyl adjacent to an activating group) is 1. The summed E-state index contributed by atoms with van der Waals surface area (Å²) in [5.41, 5.74) is 3.69. The van der Waals surface area contributed by atoms with Gasteiger partial charge in [0.05, 0.1) is 13.2 Å². The van der Waals surface area contributed by atoms with Crippen LogP contribution in [0.25, 0.3) is 10.9 Å². The van der Waals surface area contributed by atoms with Gasteiger partial charge < -0.3 is 4.98 Å². The van der Waals surface area contributed by atoms with E-state index in [9.17, 15) is 9.59 Å². The molecule has 0 radical (unpaired) electrons. The number of amides is 1. The van der Waals surface area contributed by atoms with E-state index in [2.05, 4.69) is 28.1 Å². The van der Waals surface area contributed by atoms with Crippen LogP contribution in [0, 0.1) is 0 Å². The summed E-state index contributed by atoms with van der Waals surface area (Å²) in [6.07, 6.45) is 5.64. The summed E-state index contributed by atoms with van der Waals surface area (Å²) in [6.45, 7) is 3.27. The number of hydrogen-bond acceptors (Lipinski definition) is 4. The molecular weight excluding hydrogens is 342 g/mol. The van der Waals surface area contributed by atoms with Crippen LogP contribution in [0.3, 0.4) is 0 Å². The number of benzene rings is 1. The highest BCUT2D eigenvalue weighted by molar-refractivity contribution is 5.86. The van der Waals surface area contributed by atoms with Gasteiger partial charge in [-0.2, -0.15) is 0 Å². The smallest absolute Gasteiger partial charge is 0.269 e. The van der Waals surface area contributed by atoms with Gasteiger partial charge in [-0.1, -0.05) is 24.3 Å². The van der Waals surface area contributed by atoms with Gasteiger partial charge in [-0.3, -0.25) is 19.3 Å². The van der Waals surface area contributed by atoms with E-state index in [0.29, 0.717) is 12.8 Å². The number of ketones is 1. The summed E-state index contributed by atoms with van der Waals surface area (Å²) >= 11 is 0. The second kappa shape index (κ2) is 8.50. The molecule has 27 heavy (non-hydrogen) atoms. The van der Waals surface area contributed by atoms with Gasteiger partial charge in [-0.15, -0.1) is 0 Å². The van der Waals surface area contributed by atoms with Gasteiger partial charge >= 0.3 is 0 Å². The van der Waals surface area contributed by atoms with Crippen molar-refractivity contribution < 1.29 is 14.4 Å². The molecule has 6 nitrogen and oxygen atoms in total. The van der Waals surface area contributed by atoms with E-state index in [1.165, 1.54) is 28.8 Å². The Morgan fingerprint density at radius 2 is 2.15 bits per heavy atom. The minimum atomic E-state index is -0.194. The van der Waals surface area contributed by atoms with Crippen LogP contribution in [0.4, 0.5) is 0 Å². The molecule has 3 rings (SSSR count). The first kappa shape index (κ1) is 19.3. The van der Waals surface area contributed by atoms with Crippen LogP contribution in [-0.4, -0.2) is 53.9 Å².